The molecule has 1 N–H and O–H groups in total. The van der Waals surface area contributed by atoms with Crippen LogP contribution in [0, 0.1) is 6.92 Å². The SMILES string of the molecule is COc1ccccc1CN1C(=O)C(=O)/C(=C(/O)c2cc(Cl)ccc2OC)C1c1ccc(C)o1. The molecule has 1 atom stereocenters. The molecule has 7 nitrogen and oxygen atoms in total. The van der Waals surface area contributed by atoms with Crippen molar-refractivity contribution in [1.82, 2.24) is 4.90 Å². The van der Waals surface area contributed by atoms with E-state index in [4.69, 9.17) is 25.5 Å². The smallest absolute Gasteiger partial charge is 0.296 e. The highest BCUT2D eigenvalue weighted by molar-refractivity contribution is 6.46. The fraction of sp³-hybridized carbons (Fsp3) is 0.200. The molecule has 170 valence electrons. The third kappa shape index (κ3) is 4.07. The number of amides is 1. The molecule has 8 heteroatoms. The van der Waals surface area contributed by atoms with Crippen LogP contribution >= 0.6 is 11.6 Å². The van der Waals surface area contributed by atoms with E-state index in [0.29, 0.717) is 33.6 Å². The Hall–Kier alpha value is -3.71. The number of Topliss-reactive ketones (excluding diaryl/α,β-unsaturated/α-hetero) is 1. The van der Waals surface area contributed by atoms with E-state index in [0.717, 1.165) is 0 Å². The molecular weight excluding hydrogens is 446 g/mol. The molecule has 0 radical (unpaired) electrons. The van der Waals surface area contributed by atoms with Gasteiger partial charge in [0.1, 0.15) is 34.8 Å². The Morgan fingerprint density at radius 2 is 1.79 bits per heavy atom. The Labute approximate surface area is 195 Å². The van der Waals surface area contributed by atoms with E-state index in [-0.39, 0.29) is 17.7 Å². The summed E-state index contributed by atoms with van der Waals surface area (Å²) in [5.41, 5.74) is 0.800. The number of rotatable bonds is 6. The second-order valence-corrected chi connectivity index (χ2v) is 7.97. The van der Waals surface area contributed by atoms with Crippen molar-refractivity contribution in [2.75, 3.05) is 14.2 Å². The lowest BCUT2D eigenvalue weighted by Gasteiger charge is -2.24. The minimum Gasteiger partial charge on any atom is -0.507 e. The van der Waals surface area contributed by atoms with Gasteiger partial charge in [0.05, 0.1) is 31.9 Å². The van der Waals surface area contributed by atoms with Gasteiger partial charge in [-0.3, -0.25) is 9.59 Å². The number of likely N-dealkylation sites (tertiary alicyclic amines) is 1. The maximum absolute atomic E-state index is 13.2. The molecule has 33 heavy (non-hydrogen) atoms. The average molecular weight is 468 g/mol. The molecular formula is C25H22ClNO6. The van der Waals surface area contributed by atoms with Crippen molar-refractivity contribution in [2.24, 2.45) is 0 Å². The third-order valence-electron chi connectivity index (χ3n) is 5.52. The number of aryl methyl sites for hydroxylation is 1. The summed E-state index contributed by atoms with van der Waals surface area (Å²) in [6, 6.07) is 14.3. The van der Waals surface area contributed by atoms with Crippen LogP contribution < -0.4 is 9.47 Å². The second-order valence-electron chi connectivity index (χ2n) is 7.53. The van der Waals surface area contributed by atoms with Crippen molar-refractivity contribution in [1.29, 1.82) is 0 Å². The van der Waals surface area contributed by atoms with Gasteiger partial charge in [-0.2, -0.15) is 0 Å². The van der Waals surface area contributed by atoms with Crippen molar-refractivity contribution in [3.05, 3.63) is 87.8 Å². The summed E-state index contributed by atoms with van der Waals surface area (Å²) < 4.78 is 16.6. The predicted molar refractivity (Wildman–Crippen MR) is 122 cm³/mol. The zero-order valence-electron chi connectivity index (χ0n) is 18.3. The van der Waals surface area contributed by atoms with Gasteiger partial charge < -0.3 is 23.9 Å². The Morgan fingerprint density at radius 3 is 2.45 bits per heavy atom. The molecule has 1 unspecified atom stereocenters. The van der Waals surface area contributed by atoms with Crippen LogP contribution in [0.5, 0.6) is 11.5 Å². The van der Waals surface area contributed by atoms with Crippen LogP contribution in [0.15, 0.2) is 64.6 Å². The highest BCUT2D eigenvalue weighted by atomic mass is 35.5. The average Bonchev–Trinajstić information content (AvgIpc) is 3.35. The van der Waals surface area contributed by atoms with Gasteiger partial charge in [-0.15, -0.1) is 0 Å². The highest BCUT2D eigenvalue weighted by Gasteiger charge is 2.48. The summed E-state index contributed by atoms with van der Waals surface area (Å²) in [5, 5.41) is 11.6. The number of ketones is 1. The Balaban J connectivity index is 1.90. The Bertz CT molecular complexity index is 1260. The first-order chi connectivity index (χ1) is 15.8. The van der Waals surface area contributed by atoms with Crippen LogP contribution in [0.3, 0.4) is 0 Å². The van der Waals surface area contributed by atoms with E-state index in [1.165, 1.54) is 25.2 Å². The summed E-state index contributed by atoms with van der Waals surface area (Å²) >= 11 is 6.13. The first-order valence-corrected chi connectivity index (χ1v) is 10.5. The molecule has 4 rings (SSSR count). The van der Waals surface area contributed by atoms with Crippen LogP contribution in [0.4, 0.5) is 0 Å². The van der Waals surface area contributed by atoms with E-state index >= 15 is 0 Å². The summed E-state index contributed by atoms with van der Waals surface area (Å²) in [7, 11) is 2.97. The molecule has 1 aliphatic rings. The number of hydrogen-bond donors (Lipinski definition) is 1. The molecule has 1 aliphatic heterocycles. The number of aliphatic hydroxyl groups excluding tert-OH is 1. The summed E-state index contributed by atoms with van der Waals surface area (Å²) in [5.74, 6) is -0.148. The van der Waals surface area contributed by atoms with Gasteiger partial charge in [-0.1, -0.05) is 29.8 Å². The van der Waals surface area contributed by atoms with Gasteiger partial charge >= 0.3 is 0 Å². The normalized spacial score (nSPS) is 17.5. The first-order valence-electron chi connectivity index (χ1n) is 10.2. The molecule has 3 aromatic rings. The van der Waals surface area contributed by atoms with E-state index in [9.17, 15) is 14.7 Å². The number of ether oxygens (including phenoxy) is 2. The molecule has 1 amide bonds. The quantitative estimate of drug-likeness (QED) is 0.316. The molecule has 0 spiro atoms. The molecule has 1 aromatic heterocycles. The second kappa shape index (κ2) is 9.03. The number of benzene rings is 2. The molecule has 1 saturated heterocycles. The van der Waals surface area contributed by atoms with Gasteiger partial charge in [-0.05, 0) is 43.3 Å². The number of para-hydroxylation sites is 1. The van der Waals surface area contributed by atoms with Crippen molar-refractivity contribution in [3.8, 4) is 11.5 Å². The maximum Gasteiger partial charge on any atom is 0.296 e. The molecule has 0 bridgehead atoms. The van der Waals surface area contributed by atoms with E-state index in [2.05, 4.69) is 0 Å². The standard InChI is InChI=1S/C25H22ClNO6/c1-14-8-10-20(33-14)22-21(23(28)17-12-16(26)9-11-19(17)32-3)24(29)25(30)27(22)13-15-6-4-5-7-18(15)31-2/h4-12,22,28H,13H2,1-3H3/b23-21+. The predicted octanol–water partition coefficient (Wildman–Crippen LogP) is 4.88. The van der Waals surface area contributed by atoms with Crippen molar-refractivity contribution in [2.45, 2.75) is 19.5 Å². The van der Waals surface area contributed by atoms with Crippen LogP contribution in [0.25, 0.3) is 5.76 Å². The summed E-state index contributed by atoms with van der Waals surface area (Å²) in [6.07, 6.45) is 0. The fourth-order valence-corrected chi connectivity index (χ4v) is 4.14. The number of halogens is 1. The molecule has 0 aliphatic carbocycles. The Morgan fingerprint density at radius 1 is 1.06 bits per heavy atom. The lowest BCUT2D eigenvalue weighted by Crippen LogP contribution is -2.29. The lowest BCUT2D eigenvalue weighted by atomic mass is 9.98. The van der Waals surface area contributed by atoms with E-state index in [1.54, 1.807) is 37.3 Å². The van der Waals surface area contributed by atoms with E-state index in [1.807, 2.05) is 18.2 Å². The van der Waals surface area contributed by atoms with Gasteiger partial charge in [0.25, 0.3) is 11.7 Å². The molecule has 1 fully saturated rings. The monoisotopic (exact) mass is 467 g/mol. The number of carbonyl (C=O) groups is 2. The summed E-state index contributed by atoms with van der Waals surface area (Å²) in [6.45, 7) is 1.83. The van der Waals surface area contributed by atoms with Gasteiger partial charge in [0.15, 0.2) is 0 Å². The largest absolute Gasteiger partial charge is 0.507 e. The van der Waals surface area contributed by atoms with E-state index < -0.39 is 23.5 Å². The number of hydrogen-bond acceptors (Lipinski definition) is 6. The fourth-order valence-electron chi connectivity index (χ4n) is 3.97. The van der Waals surface area contributed by atoms with Crippen LogP contribution in [0.1, 0.15) is 28.7 Å². The van der Waals surface area contributed by atoms with Crippen LogP contribution in [-0.4, -0.2) is 35.9 Å². The van der Waals surface area contributed by atoms with Crippen molar-refractivity contribution >= 4 is 29.1 Å². The van der Waals surface area contributed by atoms with Gasteiger partial charge in [0.2, 0.25) is 0 Å². The maximum atomic E-state index is 13.2. The highest BCUT2D eigenvalue weighted by Crippen LogP contribution is 2.43. The minimum absolute atomic E-state index is 0.0719. The molecule has 0 saturated carbocycles. The number of carbonyl (C=O) groups excluding carboxylic acids is 2. The number of nitrogens with zero attached hydrogens (tertiary/aromatic N) is 1. The van der Waals surface area contributed by atoms with Crippen molar-refractivity contribution < 1.29 is 28.6 Å². The Kier molecular flexibility index (Phi) is 6.16. The van der Waals surface area contributed by atoms with Crippen LogP contribution in [0.2, 0.25) is 5.02 Å². The first kappa shape index (κ1) is 22.5. The zero-order valence-corrected chi connectivity index (χ0v) is 19.1. The summed E-state index contributed by atoms with van der Waals surface area (Å²) in [4.78, 5) is 27.7. The third-order valence-corrected chi connectivity index (χ3v) is 5.76. The topological polar surface area (TPSA) is 89.2 Å². The number of aliphatic hydroxyl groups is 1. The van der Waals surface area contributed by atoms with Crippen molar-refractivity contribution in [3.63, 3.8) is 0 Å². The van der Waals surface area contributed by atoms with Gasteiger partial charge in [0, 0.05) is 10.6 Å². The number of methoxy groups -OCH3 is 2. The van der Waals surface area contributed by atoms with Gasteiger partial charge in [-0.25, -0.2) is 0 Å². The number of furan rings is 1. The molecule has 2 heterocycles. The molecule has 2 aromatic carbocycles. The lowest BCUT2D eigenvalue weighted by molar-refractivity contribution is -0.140. The van der Waals surface area contributed by atoms with Crippen LogP contribution in [-0.2, 0) is 16.1 Å². The zero-order chi connectivity index (χ0) is 23.7. The minimum atomic E-state index is -0.952.